The maximum Gasteiger partial charge on any atom is 0.256 e. The maximum absolute atomic E-state index is 14.5. The molecule has 0 atom stereocenters. The standard InChI is InChI=1S/C24H29FN2O3/c25-22-8-7-20(30-19-5-3-18(4-6-19)9-13-26)17-21(22)23(28)27-14-11-24(12-15-27)10-1-2-16-29-24/h3-8,17H,1-2,9-16,26H2. The molecule has 0 bridgehead atoms. The van der Waals surface area contributed by atoms with E-state index in [2.05, 4.69) is 0 Å². The van der Waals surface area contributed by atoms with E-state index in [0.29, 0.717) is 31.1 Å². The van der Waals surface area contributed by atoms with E-state index in [4.69, 9.17) is 15.2 Å². The van der Waals surface area contributed by atoms with Crippen molar-refractivity contribution in [1.82, 2.24) is 4.90 Å². The molecule has 0 aliphatic carbocycles. The molecule has 1 spiro atoms. The Hall–Kier alpha value is -2.44. The Labute approximate surface area is 177 Å². The summed E-state index contributed by atoms with van der Waals surface area (Å²) < 4.78 is 26.3. The fourth-order valence-corrected chi connectivity index (χ4v) is 4.35. The third-order valence-corrected chi connectivity index (χ3v) is 6.16. The van der Waals surface area contributed by atoms with Gasteiger partial charge < -0.3 is 20.1 Å². The highest BCUT2D eigenvalue weighted by molar-refractivity contribution is 5.95. The van der Waals surface area contributed by atoms with Gasteiger partial charge in [0.1, 0.15) is 17.3 Å². The van der Waals surface area contributed by atoms with Gasteiger partial charge >= 0.3 is 0 Å². The summed E-state index contributed by atoms with van der Waals surface area (Å²) in [7, 11) is 0. The molecule has 2 aliphatic rings. The average molecular weight is 413 g/mol. The number of hydrogen-bond acceptors (Lipinski definition) is 4. The lowest BCUT2D eigenvalue weighted by molar-refractivity contribution is -0.107. The molecule has 6 heteroatoms. The zero-order valence-corrected chi connectivity index (χ0v) is 17.2. The van der Waals surface area contributed by atoms with Crippen LogP contribution < -0.4 is 10.5 Å². The smallest absolute Gasteiger partial charge is 0.256 e. The topological polar surface area (TPSA) is 64.8 Å². The molecule has 0 aromatic heterocycles. The second-order valence-corrected chi connectivity index (χ2v) is 8.21. The number of piperidine rings is 1. The van der Waals surface area contributed by atoms with Crippen LogP contribution >= 0.6 is 0 Å². The zero-order valence-electron chi connectivity index (χ0n) is 17.2. The summed E-state index contributed by atoms with van der Waals surface area (Å²) in [6.07, 6.45) is 5.76. The monoisotopic (exact) mass is 412 g/mol. The summed E-state index contributed by atoms with van der Waals surface area (Å²) >= 11 is 0. The highest BCUT2D eigenvalue weighted by atomic mass is 19.1. The second-order valence-electron chi connectivity index (χ2n) is 8.21. The molecule has 0 radical (unpaired) electrons. The first-order valence-electron chi connectivity index (χ1n) is 10.8. The van der Waals surface area contributed by atoms with Crippen molar-refractivity contribution in [1.29, 1.82) is 0 Å². The first-order valence-corrected chi connectivity index (χ1v) is 10.8. The third kappa shape index (κ3) is 4.65. The van der Waals surface area contributed by atoms with Crippen LogP contribution in [0.4, 0.5) is 4.39 Å². The minimum absolute atomic E-state index is 0.0489. The average Bonchev–Trinajstić information content (AvgIpc) is 2.77. The van der Waals surface area contributed by atoms with Gasteiger partial charge in [0, 0.05) is 19.7 Å². The number of likely N-dealkylation sites (tertiary alicyclic amines) is 1. The Bertz CT molecular complexity index is 869. The Balaban J connectivity index is 1.43. The fraction of sp³-hybridized carbons (Fsp3) is 0.458. The lowest BCUT2D eigenvalue weighted by Gasteiger charge is -2.44. The second kappa shape index (κ2) is 9.14. The molecular weight excluding hydrogens is 383 g/mol. The van der Waals surface area contributed by atoms with Crippen molar-refractivity contribution in [2.24, 2.45) is 5.73 Å². The van der Waals surface area contributed by atoms with Crippen molar-refractivity contribution in [3.05, 3.63) is 59.4 Å². The van der Waals surface area contributed by atoms with Gasteiger partial charge in [-0.3, -0.25) is 4.79 Å². The predicted octanol–water partition coefficient (Wildman–Crippen LogP) is 4.29. The number of hydrogen-bond donors (Lipinski definition) is 1. The van der Waals surface area contributed by atoms with Gasteiger partial charge in [0.05, 0.1) is 11.2 Å². The highest BCUT2D eigenvalue weighted by Crippen LogP contribution is 2.35. The van der Waals surface area contributed by atoms with E-state index < -0.39 is 5.82 Å². The summed E-state index contributed by atoms with van der Waals surface area (Å²) in [5, 5.41) is 0. The van der Waals surface area contributed by atoms with Crippen molar-refractivity contribution in [2.45, 2.75) is 44.1 Å². The van der Waals surface area contributed by atoms with Gasteiger partial charge in [-0.2, -0.15) is 0 Å². The number of nitrogens with zero attached hydrogens (tertiary/aromatic N) is 1. The summed E-state index contributed by atoms with van der Waals surface area (Å²) in [5.41, 5.74) is 6.66. The predicted molar refractivity (Wildman–Crippen MR) is 113 cm³/mol. The molecule has 2 fully saturated rings. The van der Waals surface area contributed by atoms with Crippen LogP contribution in [0.25, 0.3) is 0 Å². The molecule has 4 rings (SSSR count). The van der Waals surface area contributed by atoms with Crippen LogP contribution in [-0.2, 0) is 11.2 Å². The Morgan fingerprint density at radius 2 is 1.80 bits per heavy atom. The Kier molecular flexibility index (Phi) is 6.35. The zero-order chi connectivity index (χ0) is 21.0. The molecule has 0 saturated carbocycles. The number of rotatable bonds is 5. The molecule has 2 aliphatic heterocycles. The van der Waals surface area contributed by atoms with E-state index in [1.165, 1.54) is 18.6 Å². The summed E-state index contributed by atoms with van der Waals surface area (Å²) in [4.78, 5) is 14.7. The fourth-order valence-electron chi connectivity index (χ4n) is 4.35. The Morgan fingerprint density at radius 3 is 2.47 bits per heavy atom. The minimum atomic E-state index is -0.528. The molecule has 5 nitrogen and oxygen atoms in total. The van der Waals surface area contributed by atoms with E-state index in [-0.39, 0.29) is 17.1 Å². The molecule has 30 heavy (non-hydrogen) atoms. The molecule has 2 aromatic carbocycles. The van der Waals surface area contributed by atoms with Gasteiger partial charge in [0.2, 0.25) is 0 Å². The van der Waals surface area contributed by atoms with Crippen LogP contribution in [0.3, 0.4) is 0 Å². The highest BCUT2D eigenvalue weighted by Gasteiger charge is 2.38. The van der Waals surface area contributed by atoms with Gasteiger partial charge in [-0.1, -0.05) is 12.1 Å². The largest absolute Gasteiger partial charge is 0.457 e. The first-order chi connectivity index (χ1) is 14.6. The van der Waals surface area contributed by atoms with Crippen LogP contribution in [-0.4, -0.2) is 42.6 Å². The molecule has 1 amide bonds. The van der Waals surface area contributed by atoms with Crippen LogP contribution in [0.15, 0.2) is 42.5 Å². The van der Waals surface area contributed by atoms with Crippen LogP contribution in [0.1, 0.15) is 48.0 Å². The molecule has 2 aromatic rings. The van der Waals surface area contributed by atoms with Crippen LogP contribution in [0.5, 0.6) is 11.5 Å². The normalized spacial score (nSPS) is 18.4. The Morgan fingerprint density at radius 1 is 1.07 bits per heavy atom. The third-order valence-electron chi connectivity index (χ3n) is 6.16. The summed E-state index contributed by atoms with van der Waals surface area (Å²) in [5.74, 6) is 0.257. The number of carbonyl (C=O) groups excluding carboxylic acids is 1. The minimum Gasteiger partial charge on any atom is -0.457 e. The summed E-state index contributed by atoms with van der Waals surface area (Å²) in [6, 6.07) is 11.9. The molecule has 160 valence electrons. The molecule has 2 N–H and O–H groups in total. The van der Waals surface area contributed by atoms with E-state index in [0.717, 1.165) is 44.3 Å². The summed E-state index contributed by atoms with van der Waals surface area (Å²) in [6.45, 7) is 2.57. The van der Waals surface area contributed by atoms with Crippen molar-refractivity contribution in [3.8, 4) is 11.5 Å². The van der Waals surface area contributed by atoms with Gasteiger partial charge in [0.25, 0.3) is 5.91 Å². The first kappa shape index (κ1) is 20.8. The number of nitrogens with two attached hydrogens (primary N) is 1. The number of benzene rings is 2. The van der Waals surface area contributed by atoms with Gasteiger partial charge in [0.15, 0.2) is 0 Å². The van der Waals surface area contributed by atoms with Gasteiger partial charge in [-0.15, -0.1) is 0 Å². The lowest BCUT2D eigenvalue weighted by Crippen LogP contribution is -2.49. The van der Waals surface area contributed by atoms with Gasteiger partial charge in [-0.25, -0.2) is 4.39 Å². The number of carbonyl (C=O) groups is 1. The van der Waals surface area contributed by atoms with Gasteiger partial charge in [-0.05, 0) is 81.0 Å². The molecule has 2 heterocycles. The van der Waals surface area contributed by atoms with E-state index >= 15 is 0 Å². The van der Waals surface area contributed by atoms with E-state index in [1.54, 1.807) is 11.0 Å². The van der Waals surface area contributed by atoms with Crippen molar-refractivity contribution < 1.29 is 18.7 Å². The van der Waals surface area contributed by atoms with E-state index in [9.17, 15) is 9.18 Å². The number of halogens is 1. The SMILES string of the molecule is NCCc1ccc(Oc2ccc(F)c(C(=O)N3CCC4(CCCCO4)CC3)c2)cc1. The van der Waals surface area contributed by atoms with Crippen molar-refractivity contribution in [3.63, 3.8) is 0 Å². The number of amides is 1. The van der Waals surface area contributed by atoms with Crippen LogP contribution in [0, 0.1) is 5.82 Å². The lowest BCUT2D eigenvalue weighted by atomic mass is 9.84. The van der Waals surface area contributed by atoms with E-state index in [1.807, 2.05) is 24.3 Å². The maximum atomic E-state index is 14.5. The molecule has 0 unspecified atom stereocenters. The molecular formula is C24H29FN2O3. The quantitative estimate of drug-likeness (QED) is 0.796. The van der Waals surface area contributed by atoms with Crippen LogP contribution in [0.2, 0.25) is 0 Å². The van der Waals surface area contributed by atoms with Crippen molar-refractivity contribution in [2.75, 3.05) is 26.2 Å². The van der Waals surface area contributed by atoms with Crippen molar-refractivity contribution >= 4 is 5.91 Å². The molecule has 2 saturated heterocycles. The number of ether oxygens (including phenoxy) is 2.